The molecule has 0 aromatic rings. The second-order valence-corrected chi connectivity index (χ2v) is 13.8. The number of ether oxygens (including phenoxy) is 2. The molecule has 7 N–H and O–H groups in total. The summed E-state index contributed by atoms with van der Waals surface area (Å²) in [6, 6.07) is 0. The molecule has 5 fully saturated rings. The minimum Gasteiger partial charge on any atom is -0.463 e. The number of ketones is 2. The van der Waals surface area contributed by atoms with E-state index >= 15 is 0 Å². The van der Waals surface area contributed by atoms with Crippen LogP contribution < -0.4 is 26.7 Å². The van der Waals surface area contributed by atoms with Gasteiger partial charge in [-0.15, -0.1) is 0 Å². The maximum Gasteiger partial charge on any atom is 0.349 e. The highest BCUT2D eigenvalue weighted by Crippen LogP contribution is 2.61. The Bertz CT molecular complexity index is 1120. The van der Waals surface area contributed by atoms with E-state index in [9.17, 15) is 14.4 Å². The van der Waals surface area contributed by atoms with Crippen LogP contribution in [-0.2, 0) is 23.9 Å². The molecule has 0 aromatic carbocycles. The molecule has 2 aliphatic carbocycles. The Morgan fingerprint density at radius 3 is 2.63 bits per heavy atom. The summed E-state index contributed by atoms with van der Waals surface area (Å²) in [4.78, 5) is 45.0. The number of quaternary nitrogens is 1. The average molecular weight is 602 g/mol. The van der Waals surface area contributed by atoms with Crippen LogP contribution in [0.5, 0.6) is 0 Å². The molecule has 10 nitrogen and oxygen atoms in total. The van der Waals surface area contributed by atoms with E-state index in [-0.39, 0.29) is 42.2 Å². The van der Waals surface area contributed by atoms with Crippen LogP contribution in [0.1, 0.15) is 104 Å². The first-order chi connectivity index (χ1) is 20.7. The van der Waals surface area contributed by atoms with Gasteiger partial charge in [0.25, 0.3) is 5.60 Å². The molecule has 0 aromatic heterocycles. The van der Waals surface area contributed by atoms with Gasteiger partial charge in [-0.1, -0.05) is 50.7 Å². The van der Waals surface area contributed by atoms with Crippen LogP contribution in [0.3, 0.4) is 0 Å². The van der Waals surface area contributed by atoms with Crippen molar-refractivity contribution < 1.29 is 34.2 Å². The largest absolute Gasteiger partial charge is 0.463 e. The van der Waals surface area contributed by atoms with Gasteiger partial charge in [0.1, 0.15) is 6.17 Å². The Kier molecular flexibility index (Phi) is 9.98. The minimum absolute atomic E-state index is 0.0742. The number of epoxide rings is 1. The van der Waals surface area contributed by atoms with Gasteiger partial charge in [0.15, 0.2) is 17.2 Å². The molecule has 3 saturated heterocycles. The molecule has 0 radical (unpaired) electrons. The van der Waals surface area contributed by atoms with Crippen LogP contribution in [0.15, 0.2) is 11.6 Å². The lowest BCUT2D eigenvalue weighted by Crippen LogP contribution is -2.95. The van der Waals surface area contributed by atoms with Crippen molar-refractivity contribution in [1.29, 1.82) is 0 Å². The Hall–Kier alpha value is -2.30. The molecule has 0 amide bonds. The topological polar surface area (TPSA) is 154 Å². The number of carbonyl (C=O) groups excluding carboxylic acids is 3. The zero-order valence-electron chi connectivity index (χ0n) is 26.6. The Labute approximate surface area is 256 Å². The Balaban J connectivity index is 1.39. The lowest BCUT2D eigenvalue weighted by Gasteiger charge is -2.41. The fraction of sp³-hybridized carbons (Fsp3) is 0.818. The van der Waals surface area contributed by atoms with E-state index in [4.69, 9.17) is 15.2 Å². The van der Waals surface area contributed by atoms with E-state index in [1.54, 1.807) is 0 Å². The summed E-state index contributed by atoms with van der Waals surface area (Å²) in [7, 11) is 1.92. The number of nitrogens with one attached hydrogen (secondary N) is 3. The van der Waals surface area contributed by atoms with Gasteiger partial charge in [-0.3, -0.25) is 30.9 Å². The maximum atomic E-state index is 14.1. The first kappa shape index (κ1) is 32.1. The highest BCUT2D eigenvalue weighted by molar-refractivity contribution is 6.23. The number of Topliss-reactive ketones (excluding diaryl/α,β-unsaturated/α-hetero) is 2. The van der Waals surface area contributed by atoms with Crippen LogP contribution in [-0.4, -0.2) is 73.1 Å². The van der Waals surface area contributed by atoms with Crippen LogP contribution in [0.4, 0.5) is 0 Å². The summed E-state index contributed by atoms with van der Waals surface area (Å²) >= 11 is 0. The normalized spacial score (nSPS) is 38.8. The molecule has 7 atom stereocenters. The number of hydrogen-bond acceptors (Lipinski definition) is 6. The molecule has 7 unspecified atom stereocenters. The molecule has 0 bridgehead atoms. The number of nitrogens with two attached hydrogens (primary N) is 2. The van der Waals surface area contributed by atoms with Crippen molar-refractivity contribution in [3.05, 3.63) is 11.6 Å². The third-order valence-corrected chi connectivity index (χ3v) is 10.9. The number of carbonyl (C=O) groups is 3. The summed E-state index contributed by atoms with van der Waals surface area (Å²) in [6.07, 6.45) is 14.1. The van der Waals surface area contributed by atoms with Crippen molar-refractivity contribution in [2.24, 2.45) is 23.5 Å². The minimum atomic E-state index is -1.79. The van der Waals surface area contributed by atoms with Gasteiger partial charge in [-0.05, 0) is 39.0 Å². The van der Waals surface area contributed by atoms with Crippen LogP contribution in [0, 0.1) is 17.8 Å². The molecule has 0 spiro atoms. The van der Waals surface area contributed by atoms with Crippen molar-refractivity contribution in [2.75, 3.05) is 26.7 Å². The second kappa shape index (κ2) is 13.4. The first-order valence-electron chi connectivity index (χ1n) is 17.0. The molecule has 5 rings (SSSR count). The molecule has 10 heteroatoms. The van der Waals surface area contributed by atoms with Gasteiger partial charge in [0, 0.05) is 43.4 Å². The number of guanidine groups is 1. The third kappa shape index (κ3) is 6.03. The Morgan fingerprint density at radius 2 is 1.91 bits per heavy atom. The molecule has 2 saturated carbocycles. The molecule has 3 aliphatic heterocycles. The monoisotopic (exact) mass is 601 g/mol. The number of esters is 1. The second-order valence-electron chi connectivity index (χ2n) is 13.8. The SMILES string of the molecule is CCCCCCOC(=O)C12OC1(CC=C(C)CC1(C3CC[NH2+]C(N)C3)CCCNC(=[NH+]C)N1)C(=O)C1CCCCC1C2=O. The highest BCUT2D eigenvalue weighted by Gasteiger charge is 2.86. The quantitative estimate of drug-likeness (QED) is 0.0747. The summed E-state index contributed by atoms with van der Waals surface area (Å²) in [6.45, 7) is 6.36. The number of fused-ring (bicyclic) bond motifs is 2. The van der Waals surface area contributed by atoms with Crippen molar-refractivity contribution in [3.63, 3.8) is 0 Å². The number of unbranched alkanes of at least 4 members (excludes halogenated alkanes) is 3. The summed E-state index contributed by atoms with van der Waals surface area (Å²) in [5.74, 6) is -0.456. The molecular formula is C33H55N5O5+2. The van der Waals surface area contributed by atoms with E-state index < -0.39 is 23.1 Å². The third-order valence-electron chi connectivity index (χ3n) is 10.9. The van der Waals surface area contributed by atoms with Gasteiger partial charge >= 0.3 is 11.9 Å². The van der Waals surface area contributed by atoms with Crippen LogP contribution in [0.25, 0.3) is 0 Å². The molecule has 3 heterocycles. The van der Waals surface area contributed by atoms with E-state index in [0.29, 0.717) is 18.8 Å². The molecular weight excluding hydrogens is 546 g/mol. The number of rotatable bonds is 11. The van der Waals surface area contributed by atoms with Crippen molar-refractivity contribution >= 4 is 23.5 Å². The Morgan fingerprint density at radius 1 is 1.14 bits per heavy atom. The highest BCUT2D eigenvalue weighted by atomic mass is 16.7. The van der Waals surface area contributed by atoms with E-state index in [2.05, 4.69) is 40.9 Å². The molecule has 240 valence electrons. The summed E-state index contributed by atoms with van der Waals surface area (Å²) in [5, 5.41) is 9.53. The predicted octanol–water partition coefficient (Wildman–Crippen LogP) is 0.339. The smallest absolute Gasteiger partial charge is 0.349 e. The standard InChI is InChI=1S/C33H53N5O5/c1-4-5-6-9-19-42-29(41)33-28(40)25-12-8-7-11-24(25)27(39)32(33,43-33)16-13-22(2)21-31(23-14-18-36-26(34)20-23)15-10-17-37-30(35-3)38-31/h13,23-26,36H,4-12,14-21,34H2,1-3H3,(H2,35,37,38)/p+2. The number of hydrogen-bond donors (Lipinski definition) is 5. The molecule has 5 aliphatic rings. The lowest BCUT2D eigenvalue weighted by atomic mass is 9.61. The van der Waals surface area contributed by atoms with Gasteiger partial charge < -0.3 is 14.8 Å². The lowest BCUT2D eigenvalue weighted by molar-refractivity contribution is -0.699. The van der Waals surface area contributed by atoms with Gasteiger partial charge in [-0.25, -0.2) is 4.79 Å². The zero-order valence-corrected chi connectivity index (χ0v) is 26.6. The van der Waals surface area contributed by atoms with Crippen LogP contribution in [0.2, 0.25) is 0 Å². The zero-order chi connectivity index (χ0) is 30.7. The van der Waals surface area contributed by atoms with Gasteiger partial charge in [0.05, 0.1) is 32.3 Å². The van der Waals surface area contributed by atoms with E-state index in [1.807, 2.05) is 7.05 Å². The van der Waals surface area contributed by atoms with Crippen molar-refractivity contribution in [1.82, 2.24) is 10.6 Å². The van der Waals surface area contributed by atoms with Gasteiger partial charge in [-0.2, -0.15) is 0 Å². The van der Waals surface area contributed by atoms with Crippen molar-refractivity contribution in [2.45, 2.75) is 127 Å². The fourth-order valence-corrected chi connectivity index (χ4v) is 8.57. The fourth-order valence-electron chi connectivity index (χ4n) is 8.57. The summed E-state index contributed by atoms with van der Waals surface area (Å²) < 4.78 is 11.9. The first-order valence-corrected chi connectivity index (χ1v) is 17.0. The summed E-state index contributed by atoms with van der Waals surface area (Å²) in [5.41, 5.74) is 4.11. The average Bonchev–Trinajstić information content (AvgIpc) is 3.76. The predicted molar refractivity (Wildman–Crippen MR) is 163 cm³/mol. The van der Waals surface area contributed by atoms with Crippen LogP contribution >= 0.6 is 0 Å². The molecule has 43 heavy (non-hydrogen) atoms. The van der Waals surface area contributed by atoms with E-state index in [0.717, 1.165) is 95.3 Å². The van der Waals surface area contributed by atoms with Crippen molar-refractivity contribution in [3.8, 4) is 0 Å². The van der Waals surface area contributed by atoms with Gasteiger partial charge in [0.2, 0.25) is 0 Å². The maximum absolute atomic E-state index is 14.1. The number of piperidine rings is 1. The van der Waals surface area contributed by atoms with E-state index in [1.165, 1.54) is 0 Å².